The number of benzene rings is 1. The van der Waals surface area contributed by atoms with E-state index < -0.39 is 158 Å². The number of nitrogens with zero attached hydrogens (tertiary/aromatic N) is 3. The predicted molar refractivity (Wildman–Crippen MR) is 292 cm³/mol. The lowest BCUT2D eigenvalue weighted by Gasteiger charge is -2.26. The third kappa shape index (κ3) is 25.6. The third-order valence-corrected chi connectivity index (χ3v) is 12.3. The number of aliphatic carboxylic acids is 2. The van der Waals surface area contributed by atoms with Crippen molar-refractivity contribution in [3.63, 3.8) is 0 Å². The second kappa shape index (κ2) is 34.7. The quantitative estimate of drug-likeness (QED) is 0.0132. The number of nitrogens with two attached hydrogens (primary N) is 3. The van der Waals surface area contributed by atoms with Crippen LogP contribution in [-0.2, 0) is 68.7 Å². The smallest absolute Gasteiger partial charge is 0.326 e. The summed E-state index contributed by atoms with van der Waals surface area (Å²) < 4.78 is 0. The van der Waals surface area contributed by atoms with Crippen molar-refractivity contribution in [1.82, 2.24) is 57.7 Å². The van der Waals surface area contributed by atoms with E-state index in [1.54, 1.807) is 12.1 Å². The van der Waals surface area contributed by atoms with Crippen LogP contribution < -0.4 is 65.1 Å². The Bertz CT molecular complexity index is 2440. The van der Waals surface area contributed by atoms with Gasteiger partial charge in [-0.2, -0.15) is 12.6 Å². The molecule has 1 saturated heterocycles. The van der Waals surface area contributed by atoms with E-state index in [9.17, 15) is 67.4 Å². The number of rotatable bonds is 34. The molecular formula is C49H77N15O16S. The molecule has 0 radical (unpaired) electrons. The number of hydrogen-bond acceptors (Lipinski definition) is 17. The monoisotopic (exact) mass is 1160 g/mol. The SMILES string of the molecule is CC(C)C[C@H](N)C(=O)N[C@@H](Cc1ccc(O)cc1)C(=O)N[C@@H](CCCN=C(N)N)C(=O)N[C@@H](C)C(=O)NCC(=O)N(CCS)CC(=O)N[C@@H](C)C(=O)NCC(=O)N1CCC[C@H]1C(=O)N[C@@H](C)C(=O)NCC(=O)N[C@@H](CC(=O)O)C(=O)O. The third-order valence-electron chi connectivity index (χ3n) is 12.1. The average molecular weight is 1160 g/mol. The molecule has 1 fully saturated rings. The molecule has 0 aromatic heterocycles. The molecule has 0 bridgehead atoms. The van der Waals surface area contributed by atoms with Gasteiger partial charge in [-0.25, -0.2) is 4.79 Å². The molecule has 1 aliphatic rings. The first-order chi connectivity index (χ1) is 38.0. The zero-order chi connectivity index (χ0) is 61.1. The Labute approximate surface area is 472 Å². The molecule has 1 aromatic rings. The average Bonchev–Trinajstić information content (AvgIpc) is 3.93. The van der Waals surface area contributed by atoms with Crippen LogP contribution >= 0.6 is 12.6 Å². The highest BCUT2D eigenvalue weighted by Gasteiger charge is 2.36. The number of carbonyl (C=O) groups is 13. The second-order valence-corrected chi connectivity index (χ2v) is 19.9. The van der Waals surface area contributed by atoms with Crippen molar-refractivity contribution in [1.29, 1.82) is 0 Å². The number of carbonyl (C=O) groups excluding carboxylic acids is 11. The number of aliphatic imine (C=N–C) groups is 1. The number of phenolic OH excluding ortho intramolecular Hbond substituents is 1. The summed E-state index contributed by atoms with van der Waals surface area (Å²) in [5.74, 6) is -11.8. The minimum atomic E-state index is -1.75. The first-order valence-corrected chi connectivity index (χ1v) is 26.5. The van der Waals surface area contributed by atoms with E-state index >= 15 is 0 Å². The van der Waals surface area contributed by atoms with Gasteiger partial charge in [-0.1, -0.05) is 26.0 Å². The number of carboxylic acid groups (broad SMARTS) is 2. The highest BCUT2D eigenvalue weighted by Crippen LogP contribution is 2.18. The number of amides is 11. The van der Waals surface area contributed by atoms with Gasteiger partial charge in [-0.15, -0.1) is 0 Å². The molecule has 32 heteroatoms. The minimum Gasteiger partial charge on any atom is -0.508 e. The van der Waals surface area contributed by atoms with Crippen molar-refractivity contribution < 1.29 is 77.6 Å². The highest BCUT2D eigenvalue weighted by molar-refractivity contribution is 7.80. The summed E-state index contributed by atoms with van der Waals surface area (Å²) >= 11 is 4.15. The summed E-state index contributed by atoms with van der Waals surface area (Å²) in [7, 11) is 0. The maximum absolute atomic E-state index is 13.9. The van der Waals surface area contributed by atoms with Crippen LogP contribution in [0.2, 0.25) is 0 Å². The number of hydrogen-bond donors (Lipinski definition) is 16. The summed E-state index contributed by atoms with van der Waals surface area (Å²) in [4.78, 5) is 173. The molecule has 0 saturated carbocycles. The standard InChI is InChI=1S/C49H77N15O16S/c1-25(2)18-31(50)44(75)62-33(19-29-10-12-30(65)13-11-29)46(77)61-32(8-6-14-53-49(51)52)45(76)58-27(4)43(74)55-22-38(68)63(16-17-81)24-37(67)57-26(3)41(72)56-23-39(69)64-15-7-9-35(64)47(78)59-28(5)42(73)54-21-36(66)60-34(48(79)80)20-40(70)71/h10-13,25-28,31-35,65,81H,6-9,14-24,50H2,1-5H3,(H,54,73)(H,55,74)(H,56,72)(H,57,67)(H,58,76)(H,59,78)(H,60,66)(H,61,77)(H,62,75)(H,70,71)(H,79,80)(H4,51,52,53)/t26-,27-,28-,31-,32-,33-,34-,35-/m0/s1. The van der Waals surface area contributed by atoms with E-state index in [4.69, 9.17) is 27.4 Å². The Balaban J connectivity index is 1.98. The van der Waals surface area contributed by atoms with Gasteiger partial charge in [-0.3, -0.25) is 62.5 Å². The normalized spacial score (nSPS) is 15.3. The number of likely N-dealkylation sites (tertiary alicyclic amines) is 1. The molecule has 2 rings (SSSR count). The van der Waals surface area contributed by atoms with Crippen LogP contribution in [0.5, 0.6) is 5.75 Å². The number of thiol groups is 1. The van der Waals surface area contributed by atoms with Crippen molar-refractivity contribution >= 4 is 95.5 Å². The molecule has 0 unspecified atom stereocenters. The minimum absolute atomic E-state index is 0.0286. The van der Waals surface area contributed by atoms with Crippen LogP contribution in [-0.4, -0.2) is 208 Å². The van der Waals surface area contributed by atoms with Crippen molar-refractivity contribution in [2.75, 3.05) is 51.6 Å². The van der Waals surface area contributed by atoms with E-state index in [2.05, 4.69) is 60.2 Å². The largest absolute Gasteiger partial charge is 0.508 e. The molecule has 11 amide bonds. The number of carboxylic acids is 2. The fourth-order valence-corrected chi connectivity index (χ4v) is 8.07. The molecule has 450 valence electrons. The van der Waals surface area contributed by atoms with E-state index in [-0.39, 0.29) is 68.7 Å². The van der Waals surface area contributed by atoms with Gasteiger partial charge in [0.2, 0.25) is 65.0 Å². The van der Waals surface area contributed by atoms with Crippen LogP contribution in [0.25, 0.3) is 0 Å². The number of phenols is 1. The first-order valence-electron chi connectivity index (χ1n) is 25.9. The summed E-state index contributed by atoms with van der Waals surface area (Å²) in [5.41, 5.74) is 17.6. The Morgan fingerprint density at radius 3 is 1.85 bits per heavy atom. The van der Waals surface area contributed by atoms with E-state index in [0.717, 1.165) is 4.90 Å². The summed E-state index contributed by atoms with van der Waals surface area (Å²) in [5, 5.41) is 49.3. The van der Waals surface area contributed by atoms with Crippen LogP contribution in [0.1, 0.15) is 78.7 Å². The second-order valence-electron chi connectivity index (χ2n) is 19.4. The van der Waals surface area contributed by atoms with E-state index in [1.807, 2.05) is 19.2 Å². The fourth-order valence-electron chi connectivity index (χ4n) is 7.83. The van der Waals surface area contributed by atoms with Gasteiger partial charge in [0.1, 0.15) is 48.0 Å². The number of guanidine groups is 1. The van der Waals surface area contributed by atoms with E-state index in [1.165, 1.54) is 37.8 Å². The van der Waals surface area contributed by atoms with E-state index in [0.29, 0.717) is 18.4 Å². The molecule has 1 heterocycles. The van der Waals surface area contributed by atoms with Gasteiger partial charge >= 0.3 is 11.9 Å². The zero-order valence-electron chi connectivity index (χ0n) is 45.8. The molecule has 0 spiro atoms. The van der Waals surface area contributed by atoms with Gasteiger partial charge in [0.25, 0.3) is 0 Å². The van der Waals surface area contributed by atoms with Crippen LogP contribution in [0.3, 0.4) is 0 Å². The van der Waals surface area contributed by atoms with Crippen molar-refractivity contribution in [3.8, 4) is 5.75 Å². The lowest BCUT2D eigenvalue weighted by atomic mass is 10.0. The van der Waals surface area contributed by atoms with Gasteiger partial charge in [0, 0.05) is 31.8 Å². The molecular weight excluding hydrogens is 1090 g/mol. The lowest BCUT2D eigenvalue weighted by Crippen LogP contribution is -2.58. The molecule has 8 atom stereocenters. The molecule has 1 aliphatic heterocycles. The summed E-state index contributed by atoms with van der Waals surface area (Å²) in [6.45, 7) is 5.18. The van der Waals surface area contributed by atoms with Gasteiger partial charge in [0.05, 0.1) is 38.6 Å². The molecule has 1 aromatic carbocycles. The van der Waals surface area contributed by atoms with Crippen molar-refractivity contribution in [2.24, 2.45) is 28.1 Å². The topological polar surface area (TPSA) is 488 Å². The van der Waals surface area contributed by atoms with Crippen molar-refractivity contribution in [2.45, 2.75) is 128 Å². The Hall–Kier alpha value is -8.29. The predicted octanol–water partition coefficient (Wildman–Crippen LogP) is -6.01. The maximum Gasteiger partial charge on any atom is 0.326 e. The lowest BCUT2D eigenvalue weighted by molar-refractivity contribution is -0.147. The number of aromatic hydroxyl groups is 1. The molecule has 0 aliphatic carbocycles. The molecule has 81 heavy (non-hydrogen) atoms. The zero-order valence-corrected chi connectivity index (χ0v) is 46.7. The van der Waals surface area contributed by atoms with Crippen LogP contribution in [0.4, 0.5) is 0 Å². The van der Waals surface area contributed by atoms with Crippen molar-refractivity contribution in [3.05, 3.63) is 29.8 Å². The summed E-state index contributed by atoms with van der Waals surface area (Å²) in [6.07, 6.45) is 0.0961. The Morgan fingerprint density at radius 1 is 0.704 bits per heavy atom. The number of nitrogens with one attached hydrogen (secondary N) is 9. The van der Waals surface area contributed by atoms with Gasteiger partial charge in [0.15, 0.2) is 5.96 Å². The summed E-state index contributed by atoms with van der Waals surface area (Å²) in [6, 6.07) is -4.14. The maximum atomic E-state index is 13.9. The van der Waals surface area contributed by atoms with Crippen LogP contribution in [0, 0.1) is 5.92 Å². The molecule has 18 N–H and O–H groups in total. The Morgan fingerprint density at radius 2 is 1.27 bits per heavy atom. The highest BCUT2D eigenvalue weighted by atomic mass is 32.1. The Kier molecular flexibility index (Phi) is 29.4. The molecule has 31 nitrogen and oxygen atoms in total. The first kappa shape index (κ1) is 68.8. The van der Waals surface area contributed by atoms with Crippen LogP contribution in [0.15, 0.2) is 29.3 Å². The van der Waals surface area contributed by atoms with Gasteiger partial charge < -0.3 is 90.2 Å². The van der Waals surface area contributed by atoms with Gasteiger partial charge in [-0.05, 0) is 76.5 Å². The fraction of sp³-hybridized carbons (Fsp3) is 0.592.